The van der Waals surface area contributed by atoms with Gasteiger partial charge in [-0.25, -0.2) is 0 Å². The first-order chi connectivity index (χ1) is 49.2. The highest BCUT2D eigenvalue weighted by Gasteiger charge is 2.44. The minimum atomic E-state index is -1.77. The molecule has 0 aromatic heterocycles. The summed E-state index contributed by atoms with van der Waals surface area (Å²) in [7, 11) is 1.63. The average Bonchev–Trinajstić information content (AvgIpc) is 1.59. The molecule has 104 heavy (non-hydrogen) atoms. The highest BCUT2D eigenvalue weighted by molar-refractivity contribution is 8.76. The number of benzene rings is 2. The van der Waals surface area contributed by atoms with Gasteiger partial charge < -0.3 is 95.7 Å². The topological polar surface area (TPSA) is 539 Å². The Kier molecular flexibility index (Phi) is 35.1. The lowest BCUT2D eigenvalue weighted by molar-refractivity contribution is -0.142. The number of ketones is 1. The average molecular weight is 1510 g/mol. The molecule has 2 aromatic carbocycles. The summed E-state index contributed by atoms with van der Waals surface area (Å²) in [5.74, 6) is -16.1. The number of phenolic OH excluding ortho intramolecular Hbond substituents is 2. The van der Waals surface area contributed by atoms with Gasteiger partial charge in [-0.2, -0.15) is 0 Å². The molecule has 5 rings (SSSR count). The van der Waals surface area contributed by atoms with Gasteiger partial charge in [0, 0.05) is 63.0 Å². The molecule has 33 nitrogen and oxygen atoms in total. The summed E-state index contributed by atoms with van der Waals surface area (Å²) >= 11 is 6.31. The number of hydrogen-bond acceptors (Lipinski definition) is 21. The number of primary amides is 2. The van der Waals surface area contributed by atoms with Gasteiger partial charge in [-0.05, 0) is 98.7 Å². The van der Waals surface area contributed by atoms with E-state index in [1.165, 1.54) is 54.6 Å². The van der Waals surface area contributed by atoms with Crippen molar-refractivity contribution in [3.8, 4) is 11.5 Å². The molecule has 13 atom stereocenters. The van der Waals surface area contributed by atoms with E-state index in [9.17, 15) is 82.8 Å². The summed E-state index contributed by atoms with van der Waals surface area (Å²) in [6.07, 6.45) is -1.20. The first-order valence-electron chi connectivity index (χ1n) is 34.4. The van der Waals surface area contributed by atoms with Crippen molar-refractivity contribution in [2.24, 2.45) is 29.0 Å². The van der Waals surface area contributed by atoms with Gasteiger partial charge in [0.25, 0.3) is 0 Å². The van der Waals surface area contributed by atoms with Crippen molar-refractivity contribution in [3.05, 3.63) is 71.3 Å². The molecule has 2 fully saturated rings. The first-order valence-corrected chi connectivity index (χ1v) is 37.3. The number of halogens is 1. The SMILES string of the molecule is CCC(C)[C@H](NC(=O)[C@H](Cc1ccc(O)cc1)NC(=O)[C@@H]1CSSC[C@H](NC(=O)[C@@H](CCC(=O)O)NC(=O)[C@H](Cc2ccc(O)cc2)NC(=O)CCCCCN)C(=O)N2CC(O)C[C@H]2C(=O)N[C@@H](CC2=CC(Cl)C(=O)CC2)C(=O)NCC(=O)NC(CC(C)C)C(=O)N1)C(=O)NC(CCC(N)=O)C(N)=O. The molecule has 2 saturated heterocycles. The highest BCUT2D eigenvalue weighted by atomic mass is 35.5. The van der Waals surface area contributed by atoms with E-state index in [0.717, 1.165) is 26.5 Å². The Hall–Kier alpha value is -9.06. The zero-order valence-corrected chi connectivity index (χ0v) is 60.8. The largest absolute Gasteiger partial charge is 0.508 e. The van der Waals surface area contributed by atoms with Crippen LogP contribution in [-0.2, 0) is 84.8 Å². The number of nitrogens with one attached hydrogen (secondary N) is 10. The van der Waals surface area contributed by atoms with Gasteiger partial charge in [0.05, 0.1) is 12.6 Å². The van der Waals surface area contributed by atoms with Crippen LogP contribution in [-0.4, -0.2) is 217 Å². The summed E-state index contributed by atoms with van der Waals surface area (Å²) in [5, 5.41) is 66.2. The monoisotopic (exact) mass is 1510 g/mol. The van der Waals surface area contributed by atoms with Crippen molar-refractivity contribution in [1.29, 1.82) is 0 Å². The van der Waals surface area contributed by atoms with Crippen molar-refractivity contribution in [2.45, 2.75) is 202 Å². The fourth-order valence-electron chi connectivity index (χ4n) is 11.5. The number of alkyl halides is 1. The highest BCUT2D eigenvalue weighted by Crippen LogP contribution is 2.28. The number of fused-ring (bicyclic) bond motifs is 1. The van der Waals surface area contributed by atoms with Crippen molar-refractivity contribution < 1.29 is 92.3 Å². The number of aromatic hydroxyl groups is 2. The Morgan fingerprint density at radius 2 is 1.28 bits per heavy atom. The first kappa shape index (κ1) is 85.6. The predicted molar refractivity (Wildman–Crippen MR) is 383 cm³/mol. The summed E-state index contributed by atoms with van der Waals surface area (Å²) < 4.78 is 0. The number of allylic oxidation sites excluding steroid dienone is 1. The van der Waals surface area contributed by atoms with Gasteiger partial charge in [0.1, 0.15) is 77.3 Å². The Morgan fingerprint density at radius 3 is 1.87 bits per heavy atom. The fraction of sp³-hybridized carbons (Fsp3) is 0.574. The van der Waals surface area contributed by atoms with Crippen molar-refractivity contribution in [3.63, 3.8) is 0 Å². The second-order valence-electron chi connectivity index (χ2n) is 26.4. The van der Waals surface area contributed by atoms with Crippen LogP contribution in [0.15, 0.2) is 60.2 Å². The quantitative estimate of drug-likeness (QED) is 0.0163. The zero-order chi connectivity index (χ0) is 76.9. The molecule has 20 N–H and O–H groups in total. The van der Waals surface area contributed by atoms with E-state index in [1.807, 2.05) is 0 Å². The number of Topliss-reactive ketones (excluding diaryl/α,β-unsaturated/α-hetero) is 1. The lowest BCUT2D eigenvalue weighted by atomic mass is 9.92. The Balaban J connectivity index is 1.60. The zero-order valence-electron chi connectivity index (χ0n) is 58.4. The van der Waals surface area contributed by atoms with Crippen LogP contribution < -0.4 is 70.4 Å². The Labute approximate surface area is 614 Å². The van der Waals surface area contributed by atoms with Crippen LogP contribution >= 0.6 is 33.2 Å². The third-order valence-corrected chi connectivity index (χ3v) is 20.3. The second kappa shape index (κ2) is 42.6. The fourth-order valence-corrected chi connectivity index (χ4v) is 14.1. The molecule has 0 spiro atoms. The molecule has 13 amide bonds. The second-order valence-corrected chi connectivity index (χ2v) is 29.4. The summed E-state index contributed by atoms with van der Waals surface area (Å²) in [4.78, 5) is 209. The number of rotatable bonds is 33. The van der Waals surface area contributed by atoms with Crippen LogP contribution in [0.25, 0.3) is 0 Å². The third kappa shape index (κ3) is 28.5. The molecule has 1 aliphatic carbocycles. The van der Waals surface area contributed by atoms with E-state index in [-0.39, 0.29) is 87.4 Å². The minimum absolute atomic E-state index is 0.0147. The van der Waals surface area contributed by atoms with Gasteiger partial charge in [0.15, 0.2) is 5.78 Å². The number of nitrogens with two attached hydrogens (primary N) is 3. The number of amides is 13. The van der Waals surface area contributed by atoms with Crippen molar-refractivity contribution >= 4 is 122 Å². The van der Waals surface area contributed by atoms with Crippen LogP contribution in [0.2, 0.25) is 0 Å². The molecule has 3 aliphatic rings. The smallest absolute Gasteiger partial charge is 0.303 e. The number of aliphatic carboxylic acids is 1. The number of carbonyl (C=O) groups is 15. The van der Waals surface area contributed by atoms with Crippen LogP contribution in [0.4, 0.5) is 0 Å². The number of carboxylic acid groups (broad SMARTS) is 1. The molecule has 2 aliphatic heterocycles. The molecule has 5 unspecified atom stereocenters. The molecule has 2 aromatic rings. The van der Waals surface area contributed by atoms with Gasteiger partial charge in [0.2, 0.25) is 76.8 Å². The van der Waals surface area contributed by atoms with E-state index in [0.29, 0.717) is 42.5 Å². The van der Waals surface area contributed by atoms with Gasteiger partial charge >= 0.3 is 5.97 Å². The number of aliphatic hydroxyl groups is 1. The molecule has 0 bridgehead atoms. The summed E-state index contributed by atoms with van der Waals surface area (Å²) in [6, 6.07) is -4.43. The number of nitrogens with zero attached hydrogens (tertiary/aromatic N) is 1. The Morgan fingerprint density at radius 1 is 0.673 bits per heavy atom. The number of hydrogen-bond donors (Lipinski definition) is 17. The Bertz CT molecular complexity index is 3430. The molecule has 0 saturated carbocycles. The third-order valence-electron chi connectivity index (χ3n) is 17.5. The van der Waals surface area contributed by atoms with Gasteiger partial charge in [-0.3, -0.25) is 71.9 Å². The van der Waals surface area contributed by atoms with Crippen LogP contribution in [0.5, 0.6) is 11.5 Å². The van der Waals surface area contributed by atoms with Crippen LogP contribution in [0.1, 0.15) is 129 Å². The lowest BCUT2D eigenvalue weighted by Gasteiger charge is -2.31. The predicted octanol–water partition coefficient (Wildman–Crippen LogP) is -1.77. The molecule has 36 heteroatoms. The van der Waals surface area contributed by atoms with E-state index >= 15 is 9.59 Å². The number of carbonyl (C=O) groups excluding carboxylic acids is 14. The van der Waals surface area contributed by atoms with E-state index < -0.39 is 204 Å². The maximum Gasteiger partial charge on any atom is 0.303 e. The van der Waals surface area contributed by atoms with Crippen molar-refractivity contribution in [1.82, 2.24) is 58.1 Å². The molecule has 2 heterocycles. The number of unbranched alkanes of at least 4 members (excludes halogenated alkanes) is 2. The lowest BCUT2D eigenvalue weighted by Crippen LogP contribution is -2.61. The normalized spacial score (nSPS) is 21.8. The standard InChI is InChI=1S/C68H97ClN14O19S2/c1-5-36(4)58(67(101)76-44(59(72)93)19-22-54(71)88)82-64(98)49(28-38-12-17-41(85)18-13-38)78-65(99)50-33-103-104-34-51(81-61(95)45(20-23-57(91)92)77-63(97)48(27-37-10-15-40(84)16-11-37)74-55(89)9-7-6-8-24-70)68(102)83-32-42(86)30-52(83)66(100)79-47(29-39-14-21-53(87)43(69)26-39)60(94)73-31-56(90)75-46(25-35(2)3)62(96)80-50/h10-13,15-18,26,35-36,42-52,58,84-86H,5-9,14,19-25,27-34,70H2,1-4H3,(H2,71,88)(H2,72,93)(H,73,94)(H,74,89)(H,75,90)(H,76,101)(H,77,97)(H,78,99)(H,79,100)(H,80,96)(H,81,95)(H,82,98)(H,91,92)/t36?,42?,43?,44?,45-,46?,47+,48+,49+,50+,51+,52+,58+/m1/s1. The summed E-state index contributed by atoms with van der Waals surface area (Å²) in [5.41, 5.74) is 17.8. The number of aliphatic hydroxyl groups excluding tert-OH is 1. The van der Waals surface area contributed by atoms with E-state index in [4.69, 9.17) is 28.8 Å². The van der Waals surface area contributed by atoms with Gasteiger partial charge in [-0.1, -0.05) is 98.0 Å². The minimum Gasteiger partial charge on any atom is -0.508 e. The van der Waals surface area contributed by atoms with Crippen molar-refractivity contribution in [2.75, 3.05) is 31.1 Å². The summed E-state index contributed by atoms with van der Waals surface area (Å²) in [6.45, 7) is 5.81. The molecular formula is C68H97ClN14O19S2. The van der Waals surface area contributed by atoms with Crippen LogP contribution in [0.3, 0.4) is 0 Å². The molecular weight excluding hydrogens is 1420 g/mol. The maximum absolute atomic E-state index is 15.3. The molecule has 572 valence electrons. The van der Waals surface area contributed by atoms with Gasteiger partial charge in [-0.15, -0.1) is 11.6 Å². The van der Waals surface area contributed by atoms with E-state index in [1.54, 1.807) is 27.7 Å². The number of carboxylic acids is 1. The van der Waals surface area contributed by atoms with Crippen LogP contribution in [0, 0.1) is 11.8 Å². The number of phenols is 2. The van der Waals surface area contributed by atoms with E-state index in [2.05, 4.69) is 53.2 Å². The maximum atomic E-state index is 15.3. The molecule has 0 radical (unpaired) electrons.